The average Bonchev–Trinajstić information content (AvgIpc) is 2.25. The molecule has 0 radical (unpaired) electrons. The molecule has 92 valence electrons. The quantitative estimate of drug-likeness (QED) is 0.669. The van der Waals surface area contributed by atoms with Gasteiger partial charge in [-0.1, -0.05) is 30.3 Å². The van der Waals surface area contributed by atoms with E-state index in [0.29, 0.717) is 5.56 Å². The Labute approximate surface area is 99.2 Å². The zero-order valence-corrected chi connectivity index (χ0v) is 9.68. The molecule has 3 N–H and O–H groups in total. The summed E-state index contributed by atoms with van der Waals surface area (Å²) in [7, 11) is 3.27. The van der Waals surface area contributed by atoms with Crippen LogP contribution in [0.15, 0.2) is 30.3 Å². The number of nitrogens with zero attached hydrogens (tertiary/aromatic N) is 1. The number of carbonyl (C=O) groups is 2. The zero-order chi connectivity index (χ0) is 12.8. The van der Waals surface area contributed by atoms with E-state index in [1.165, 1.54) is 5.01 Å². The summed E-state index contributed by atoms with van der Waals surface area (Å²) in [5, 5.41) is 12.9. The van der Waals surface area contributed by atoms with E-state index in [-0.39, 0.29) is 0 Å². The zero-order valence-electron chi connectivity index (χ0n) is 9.68. The van der Waals surface area contributed by atoms with Gasteiger partial charge < -0.3 is 10.4 Å². The first-order valence-corrected chi connectivity index (χ1v) is 5.03. The number of hydrogen-bond donors (Lipinski definition) is 3. The van der Waals surface area contributed by atoms with E-state index in [1.807, 2.05) is 0 Å². The third-order valence-electron chi connectivity index (χ3n) is 1.98. The molecule has 1 unspecified atom stereocenters. The molecule has 0 bridgehead atoms. The minimum absolute atomic E-state index is 0.522. The van der Waals surface area contributed by atoms with Gasteiger partial charge in [-0.2, -0.15) is 0 Å². The molecule has 0 fully saturated rings. The second-order valence-electron chi connectivity index (χ2n) is 3.66. The highest BCUT2D eigenvalue weighted by Gasteiger charge is 2.21. The molecule has 0 aromatic heterocycles. The van der Waals surface area contributed by atoms with Crippen LogP contribution in [0.25, 0.3) is 0 Å². The normalized spacial score (nSPS) is 11.9. The molecule has 0 aliphatic carbocycles. The van der Waals surface area contributed by atoms with E-state index < -0.39 is 18.0 Å². The number of aliphatic carboxylic acids is 1. The average molecular weight is 237 g/mol. The van der Waals surface area contributed by atoms with Crippen LogP contribution in [0.3, 0.4) is 0 Å². The van der Waals surface area contributed by atoms with Crippen molar-refractivity contribution in [3.63, 3.8) is 0 Å². The van der Waals surface area contributed by atoms with Gasteiger partial charge in [-0.05, 0) is 5.56 Å². The lowest BCUT2D eigenvalue weighted by molar-refractivity contribution is -0.139. The Morgan fingerprint density at radius 3 is 2.29 bits per heavy atom. The summed E-state index contributed by atoms with van der Waals surface area (Å²) in [5.74, 6) is -1.11. The van der Waals surface area contributed by atoms with Gasteiger partial charge >= 0.3 is 12.0 Å². The molecule has 2 amide bonds. The number of rotatable bonds is 4. The number of amides is 2. The van der Waals surface area contributed by atoms with Crippen molar-refractivity contribution in [1.82, 2.24) is 15.8 Å². The largest absolute Gasteiger partial charge is 0.479 e. The fraction of sp³-hybridized carbons (Fsp3) is 0.273. The van der Waals surface area contributed by atoms with E-state index >= 15 is 0 Å². The molecule has 1 aromatic rings. The lowest BCUT2D eigenvalue weighted by Gasteiger charge is -2.17. The summed E-state index contributed by atoms with van der Waals surface area (Å²) in [6, 6.07) is 6.89. The SMILES string of the molecule is CN(C)NC(=O)NC(C(=O)O)c1ccccc1. The van der Waals surface area contributed by atoms with Gasteiger partial charge in [-0.3, -0.25) is 5.43 Å². The Bertz CT molecular complexity index is 392. The van der Waals surface area contributed by atoms with Gasteiger partial charge in [-0.25, -0.2) is 14.6 Å². The van der Waals surface area contributed by atoms with Crippen molar-refractivity contribution in [2.24, 2.45) is 0 Å². The van der Waals surface area contributed by atoms with Gasteiger partial charge in [0.25, 0.3) is 0 Å². The Balaban J connectivity index is 2.75. The molecule has 1 aromatic carbocycles. The van der Waals surface area contributed by atoms with E-state index in [4.69, 9.17) is 5.11 Å². The first-order valence-electron chi connectivity index (χ1n) is 5.03. The van der Waals surface area contributed by atoms with Crippen LogP contribution in [-0.2, 0) is 4.79 Å². The van der Waals surface area contributed by atoms with Crippen LogP contribution in [0.4, 0.5) is 4.79 Å². The van der Waals surface area contributed by atoms with Crippen LogP contribution in [-0.4, -0.2) is 36.2 Å². The minimum Gasteiger partial charge on any atom is -0.479 e. The predicted octanol–water partition coefficient (Wildman–Crippen LogP) is 0.588. The van der Waals surface area contributed by atoms with Crippen LogP contribution in [0.1, 0.15) is 11.6 Å². The number of urea groups is 1. The number of nitrogens with one attached hydrogen (secondary N) is 2. The molecule has 1 rings (SSSR count). The number of benzene rings is 1. The Morgan fingerprint density at radius 1 is 1.24 bits per heavy atom. The highest BCUT2D eigenvalue weighted by atomic mass is 16.4. The molecule has 0 aliphatic heterocycles. The van der Waals surface area contributed by atoms with Crippen LogP contribution in [0.2, 0.25) is 0 Å². The van der Waals surface area contributed by atoms with Gasteiger partial charge in [0.1, 0.15) is 0 Å². The molecular weight excluding hydrogens is 222 g/mol. The first-order chi connectivity index (χ1) is 8.00. The van der Waals surface area contributed by atoms with Crippen LogP contribution >= 0.6 is 0 Å². The third kappa shape index (κ3) is 4.12. The smallest absolute Gasteiger partial charge is 0.330 e. The second kappa shape index (κ2) is 5.86. The van der Waals surface area contributed by atoms with E-state index in [9.17, 15) is 9.59 Å². The predicted molar refractivity (Wildman–Crippen MR) is 62.2 cm³/mol. The molecule has 6 heteroatoms. The number of carboxylic acids is 1. The molecule has 6 nitrogen and oxygen atoms in total. The highest BCUT2D eigenvalue weighted by molar-refractivity contribution is 5.83. The summed E-state index contributed by atoms with van der Waals surface area (Å²) in [5.41, 5.74) is 2.94. The number of hydrazine groups is 1. The number of carbonyl (C=O) groups excluding carboxylic acids is 1. The summed E-state index contributed by atoms with van der Waals surface area (Å²) in [4.78, 5) is 22.5. The monoisotopic (exact) mass is 237 g/mol. The fourth-order valence-corrected chi connectivity index (χ4v) is 1.30. The summed E-state index contributed by atoms with van der Waals surface area (Å²) >= 11 is 0. The number of carboxylic acid groups (broad SMARTS) is 1. The Hall–Kier alpha value is -2.08. The molecule has 0 heterocycles. The van der Waals surface area contributed by atoms with Gasteiger partial charge in [0.05, 0.1) is 0 Å². The van der Waals surface area contributed by atoms with Crippen molar-refractivity contribution in [2.45, 2.75) is 6.04 Å². The molecular formula is C11H15N3O3. The number of hydrogen-bond acceptors (Lipinski definition) is 3. The molecule has 0 spiro atoms. The van der Waals surface area contributed by atoms with E-state index in [1.54, 1.807) is 44.4 Å². The second-order valence-corrected chi connectivity index (χ2v) is 3.66. The van der Waals surface area contributed by atoms with Gasteiger partial charge in [0.15, 0.2) is 6.04 Å². The molecule has 0 saturated carbocycles. The first kappa shape index (κ1) is 13.0. The fourth-order valence-electron chi connectivity index (χ4n) is 1.30. The minimum atomic E-state index is -1.11. The highest BCUT2D eigenvalue weighted by Crippen LogP contribution is 2.12. The molecule has 17 heavy (non-hydrogen) atoms. The topological polar surface area (TPSA) is 81.7 Å². The summed E-state index contributed by atoms with van der Waals surface area (Å²) < 4.78 is 0. The van der Waals surface area contributed by atoms with Crippen molar-refractivity contribution < 1.29 is 14.7 Å². The van der Waals surface area contributed by atoms with Crippen LogP contribution < -0.4 is 10.7 Å². The van der Waals surface area contributed by atoms with Crippen molar-refractivity contribution in [2.75, 3.05) is 14.1 Å². The lowest BCUT2D eigenvalue weighted by Crippen LogP contribution is -2.46. The van der Waals surface area contributed by atoms with Crippen molar-refractivity contribution in [3.8, 4) is 0 Å². The summed E-state index contributed by atoms with van der Waals surface area (Å²) in [6.45, 7) is 0. The Morgan fingerprint density at radius 2 is 1.82 bits per heavy atom. The van der Waals surface area contributed by atoms with Crippen molar-refractivity contribution >= 4 is 12.0 Å². The standard InChI is InChI=1S/C11H15N3O3/c1-14(2)13-11(17)12-9(10(15)16)8-6-4-3-5-7-8/h3-7,9H,1-2H3,(H,15,16)(H2,12,13,17). The van der Waals surface area contributed by atoms with Gasteiger partial charge in [0.2, 0.25) is 0 Å². The van der Waals surface area contributed by atoms with E-state index in [0.717, 1.165) is 0 Å². The van der Waals surface area contributed by atoms with Crippen molar-refractivity contribution in [3.05, 3.63) is 35.9 Å². The molecule has 0 saturated heterocycles. The lowest BCUT2D eigenvalue weighted by atomic mass is 10.1. The molecule has 0 aliphatic rings. The van der Waals surface area contributed by atoms with E-state index in [2.05, 4.69) is 10.7 Å². The van der Waals surface area contributed by atoms with Crippen LogP contribution in [0, 0.1) is 0 Å². The Kier molecular flexibility index (Phi) is 4.47. The maximum Gasteiger partial charge on any atom is 0.330 e. The van der Waals surface area contributed by atoms with Gasteiger partial charge in [0, 0.05) is 14.1 Å². The molecule has 1 atom stereocenters. The maximum atomic E-state index is 11.4. The summed E-state index contributed by atoms with van der Waals surface area (Å²) in [6.07, 6.45) is 0. The maximum absolute atomic E-state index is 11.4. The van der Waals surface area contributed by atoms with Crippen molar-refractivity contribution in [1.29, 1.82) is 0 Å². The van der Waals surface area contributed by atoms with Crippen LogP contribution in [0.5, 0.6) is 0 Å². The van der Waals surface area contributed by atoms with Gasteiger partial charge in [-0.15, -0.1) is 0 Å². The third-order valence-corrected chi connectivity index (χ3v) is 1.98.